The van der Waals surface area contributed by atoms with E-state index in [-0.39, 0.29) is 30.7 Å². The molecule has 0 aliphatic heterocycles. The number of aromatic nitrogens is 1. The van der Waals surface area contributed by atoms with E-state index in [1.54, 1.807) is 30.3 Å². The normalized spacial score (nSPS) is 16.1. The average Bonchev–Trinajstić information content (AvgIpc) is 3.24. The number of aryl methyl sites for hydroxylation is 1. The lowest BCUT2D eigenvalue weighted by molar-refractivity contribution is -0.127. The van der Waals surface area contributed by atoms with Crippen LogP contribution in [0.3, 0.4) is 0 Å². The van der Waals surface area contributed by atoms with Crippen molar-refractivity contribution in [2.75, 3.05) is 12.3 Å². The van der Waals surface area contributed by atoms with Crippen LogP contribution < -0.4 is 21.1 Å². The number of fused-ring (bicyclic) bond motifs is 1. The Labute approximate surface area is 214 Å². The monoisotopic (exact) mass is 527 g/mol. The summed E-state index contributed by atoms with van der Waals surface area (Å²) in [5.41, 5.74) is 8.14. The number of nitrogens with one attached hydrogen (secondary N) is 3. The summed E-state index contributed by atoms with van der Waals surface area (Å²) in [5, 5.41) is 6.00. The van der Waals surface area contributed by atoms with Gasteiger partial charge in [0.2, 0.25) is 21.8 Å². The van der Waals surface area contributed by atoms with Gasteiger partial charge in [0.05, 0.1) is 28.9 Å². The Bertz CT molecular complexity index is 1300. The van der Waals surface area contributed by atoms with Crippen molar-refractivity contribution in [3.05, 3.63) is 82.4 Å². The highest BCUT2D eigenvalue weighted by molar-refractivity contribution is 7.88. The number of nitrogens with zero attached hydrogens (tertiary/aromatic N) is 1. The summed E-state index contributed by atoms with van der Waals surface area (Å²) < 4.78 is 28.2. The molecular weight excluding hydrogens is 498 g/mol. The first-order valence-corrected chi connectivity index (χ1v) is 14.2. The van der Waals surface area contributed by atoms with Crippen molar-refractivity contribution in [2.24, 2.45) is 0 Å². The number of hydrogen-bond donors (Lipinski definition) is 4. The van der Waals surface area contributed by atoms with Crippen molar-refractivity contribution in [1.29, 1.82) is 0 Å². The molecule has 2 atom stereocenters. The van der Waals surface area contributed by atoms with Gasteiger partial charge in [-0.1, -0.05) is 72.0 Å². The van der Waals surface area contributed by atoms with Crippen LogP contribution in [0.5, 0.6) is 0 Å². The SMILES string of the molecule is Nc1nc2c(s1)C(NC(=O)CNC(=O)[C@@H](Cc1ccccc1)NS(=O)(=O)Cc1ccccc1)CCC2. The van der Waals surface area contributed by atoms with Crippen LogP contribution in [0.25, 0.3) is 0 Å². The maximum Gasteiger partial charge on any atom is 0.239 e. The molecule has 0 fully saturated rings. The van der Waals surface area contributed by atoms with Crippen LogP contribution in [0, 0.1) is 0 Å². The molecule has 1 unspecified atom stereocenters. The predicted molar refractivity (Wildman–Crippen MR) is 139 cm³/mol. The van der Waals surface area contributed by atoms with Crippen molar-refractivity contribution < 1.29 is 18.0 Å². The topological polar surface area (TPSA) is 143 Å². The van der Waals surface area contributed by atoms with Gasteiger partial charge in [-0.3, -0.25) is 9.59 Å². The zero-order valence-electron chi connectivity index (χ0n) is 19.6. The van der Waals surface area contributed by atoms with Crippen LogP contribution in [-0.4, -0.2) is 37.8 Å². The molecule has 190 valence electrons. The predicted octanol–water partition coefficient (Wildman–Crippen LogP) is 2.07. The van der Waals surface area contributed by atoms with Crippen LogP contribution in [0.4, 0.5) is 5.13 Å². The summed E-state index contributed by atoms with van der Waals surface area (Å²) in [6, 6.07) is 16.6. The molecule has 0 spiro atoms. The smallest absolute Gasteiger partial charge is 0.239 e. The molecule has 2 amide bonds. The Kier molecular flexibility index (Phi) is 8.34. The fraction of sp³-hybridized carbons (Fsp3) is 0.320. The van der Waals surface area contributed by atoms with Crippen LogP contribution >= 0.6 is 11.3 Å². The van der Waals surface area contributed by atoms with Crippen molar-refractivity contribution in [3.8, 4) is 0 Å². The molecule has 5 N–H and O–H groups in total. The minimum absolute atomic E-state index is 0.147. The number of carbonyl (C=O) groups excluding carboxylic acids is 2. The number of carbonyl (C=O) groups is 2. The highest BCUT2D eigenvalue weighted by atomic mass is 32.2. The van der Waals surface area contributed by atoms with Gasteiger partial charge in [-0.05, 0) is 36.8 Å². The summed E-state index contributed by atoms with van der Waals surface area (Å²) in [4.78, 5) is 30.9. The van der Waals surface area contributed by atoms with E-state index in [0.717, 1.165) is 35.4 Å². The third-order valence-corrected chi connectivity index (χ3v) is 8.24. The maximum atomic E-state index is 13.0. The first-order chi connectivity index (χ1) is 17.3. The zero-order valence-corrected chi connectivity index (χ0v) is 21.3. The van der Waals surface area contributed by atoms with E-state index in [2.05, 4.69) is 20.3 Å². The number of rotatable bonds is 10. The van der Waals surface area contributed by atoms with Gasteiger partial charge in [-0.2, -0.15) is 0 Å². The number of amides is 2. The molecule has 1 aliphatic carbocycles. The molecule has 4 rings (SSSR count). The van der Waals surface area contributed by atoms with Crippen LogP contribution in [-0.2, 0) is 38.2 Å². The molecule has 1 aliphatic rings. The Hall–Kier alpha value is -3.28. The van der Waals surface area contributed by atoms with Gasteiger partial charge in [-0.15, -0.1) is 0 Å². The van der Waals surface area contributed by atoms with E-state index in [0.29, 0.717) is 10.7 Å². The number of nitrogens with two attached hydrogens (primary N) is 1. The highest BCUT2D eigenvalue weighted by Gasteiger charge is 2.28. The Morgan fingerprint density at radius 3 is 2.42 bits per heavy atom. The first-order valence-electron chi connectivity index (χ1n) is 11.7. The zero-order chi connectivity index (χ0) is 25.5. The molecule has 0 saturated carbocycles. The first kappa shape index (κ1) is 25.8. The summed E-state index contributed by atoms with van der Waals surface area (Å²) >= 11 is 1.37. The van der Waals surface area contributed by atoms with E-state index < -0.39 is 22.0 Å². The quantitative estimate of drug-likeness (QED) is 0.318. The molecule has 0 bridgehead atoms. The summed E-state index contributed by atoms with van der Waals surface area (Å²) in [6.45, 7) is -0.273. The van der Waals surface area contributed by atoms with Crippen molar-refractivity contribution in [1.82, 2.24) is 20.3 Å². The molecule has 1 heterocycles. The second kappa shape index (κ2) is 11.6. The molecular formula is C25H29N5O4S2. The molecule has 1 aromatic heterocycles. The van der Waals surface area contributed by atoms with E-state index >= 15 is 0 Å². The van der Waals surface area contributed by atoms with Gasteiger partial charge < -0.3 is 16.4 Å². The maximum absolute atomic E-state index is 13.0. The van der Waals surface area contributed by atoms with Gasteiger partial charge >= 0.3 is 0 Å². The summed E-state index contributed by atoms with van der Waals surface area (Å²) in [5.74, 6) is -1.19. The largest absolute Gasteiger partial charge is 0.375 e. The second-order valence-electron chi connectivity index (χ2n) is 8.70. The van der Waals surface area contributed by atoms with E-state index in [1.807, 2.05) is 30.3 Å². The lowest BCUT2D eigenvalue weighted by atomic mass is 9.98. The number of benzene rings is 2. The minimum atomic E-state index is -3.82. The molecule has 2 aromatic carbocycles. The molecule has 3 aromatic rings. The van der Waals surface area contributed by atoms with Crippen LogP contribution in [0.15, 0.2) is 60.7 Å². The fourth-order valence-corrected chi connectivity index (χ4v) is 6.51. The van der Waals surface area contributed by atoms with E-state index in [9.17, 15) is 18.0 Å². The Morgan fingerprint density at radius 1 is 1.06 bits per heavy atom. The van der Waals surface area contributed by atoms with Gasteiger partial charge in [0.1, 0.15) is 6.04 Å². The van der Waals surface area contributed by atoms with Gasteiger partial charge in [0.25, 0.3) is 0 Å². The standard InChI is InChI=1S/C25H29N5O4S2/c26-25-29-20-13-7-12-19(23(20)35-25)28-22(31)15-27-24(32)21(14-17-8-3-1-4-9-17)30-36(33,34)16-18-10-5-2-6-11-18/h1-6,8-11,19,21,30H,7,12-16H2,(H2,26,29)(H,27,32)(H,28,31)/t19?,21-/m1/s1. The Morgan fingerprint density at radius 2 is 1.72 bits per heavy atom. The number of nitrogen functional groups attached to an aromatic ring is 1. The number of thiazole rings is 1. The third kappa shape index (κ3) is 7.12. The lowest BCUT2D eigenvalue weighted by Gasteiger charge is -2.23. The number of anilines is 1. The lowest BCUT2D eigenvalue weighted by Crippen LogP contribution is -2.50. The summed E-state index contributed by atoms with van der Waals surface area (Å²) in [6.07, 6.45) is 2.63. The number of sulfonamides is 1. The highest BCUT2D eigenvalue weighted by Crippen LogP contribution is 2.35. The van der Waals surface area contributed by atoms with Crippen molar-refractivity contribution in [3.63, 3.8) is 0 Å². The van der Waals surface area contributed by atoms with E-state index in [4.69, 9.17) is 5.73 Å². The molecule has 9 nitrogen and oxygen atoms in total. The van der Waals surface area contributed by atoms with Crippen LogP contribution in [0.1, 0.15) is 40.6 Å². The summed E-state index contributed by atoms with van der Waals surface area (Å²) in [7, 11) is -3.82. The molecule has 0 radical (unpaired) electrons. The molecule has 11 heteroatoms. The minimum Gasteiger partial charge on any atom is -0.375 e. The fourth-order valence-electron chi connectivity index (χ4n) is 4.20. The second-order valence-corrected chi connectivity index (χ2v) is 11.5. The van der Waals surface area contributed by atoms with E-state index in [1.165, 1.54) is 11.3 Å². The average molecular weight is 528 g/mol. The van der Waals surface area contributed by atoms with Gasteiger partial charge in [-0.25, -0.2) is 18.1 Å². The Balaban J connectivity index is 1.39. The van der Waals surface area contributed by atoms with Crippen molar-refractivity contribution in [2.45, 2.75) is 43.5 Å². The molecule has 36 heavy (non-hydrogen) atoms. The van der Waals surface area contributed by atoms with Crippen LogP contribution in [0.2, 0.25) is 0 Å². The van der Waals surface area contributed by atoms with Gasteiger partial charge in [0.15, 0.2) is 5.13 Å². The van der Waals surface area contributed by atoms with Gasteiger partial charge in [0, 0.05) is 0 Å². The number of hydrogen-bond acceptors (Lipinski definition) is 7. The van der Waals surface area contributed by atoms with Crippen molar-refractivity contribution >= 4 is 38.3 Å². The molecule has 0 saturated heterocycles. The third-order valence-electron chi connectivity index (χ3n) is 5.85.